The summed E-state index contributed by atoms with van der Waals surface area (Å²) in [4.78, 5) is 0. The van der Waals surface area contributed by atoms with Gasteiger partial charge >= 0.3 is 0 Å². The van der Waals surface area contributed by atoms with Gasteiger partial charge in [0.2, 0.25) is 0 Å². The van der Waals surface area contributed by atoms with Crippen molar-refractivity contribution in [1.29, 1.82) is 0 Å². The zero-order valence-electron chi connectivity index (χ0n) is 9.01. The number of benzene rings is 1. The molecule has 0 aliphatic carbocycles. The SMILES string of the molecule is CCn1nnc2c1=Cc1ccccc1NC=2. The Labute approximate surface area is 92.9 Å². The van der Waals surface area contributed by atoms with Crippen molar-refractivity contribution in [2.75, 3.05) is 5.32 Å². The molecule has 1 N–H and O–H groups in total. The fourth-order valence-corrected chi connectivity index (χ4v) is 1.87. The van der Waals surface area contributed by atoms with Gasteiger partial charge in [-0.15, -0.1) is 5.10 Å². The maximum Gasteiger partial charge on any atom is 0.129 e. The molecule has 0 amide bonds. The number of fused-ring (bicyclic) bond motifs is 2. The van der Waals surface area contributed by atoms with E-state index in [1.807, 2.05) is 23.0 Å². The number of para-hydroxylation sites is 1. The van der Waals surface area contributed by atoms with E-state index in [4.69, 9.17) is 0 Å². The lowest BCUT2D eigenvalue weighted by Gasteiger charge is -2.02. The van der Waals surface area contributed by atoms with Crippen LogP contribution in [-0.2, 0) is 6.54 Å². The van der Waals surface area contributed by atoms with Gasteiger partial charge in [-0.3, -0.25) is 0 Å². The Hall–Kier alpha value is -2.10. The molecule has 1 aliphatic rings. The van der Waals surface area contributed by atoms with Gasteiger partial charge in [0.15, 0.2) is 0 Å². The Kier molecular flexibility index (Phi) is 1.99. The molecule has 16 heavy (non-hydrogen) atoms. The van der Waals surface area contributed by atoms with Crippen molar-refractivity contribution in [3.8, 4) is 0 Å². The standard InChI is InChI=1S/C12H12N4/c1-2-16-12-7-9-5-3-4-6-10(9)13-8-11(12)14-15-16/h3-8,13H,2H2,1H3. The maximum atomic E-state index is 4.13. The number of nitrogens with zero attached hydrogens (tertiary/aromatic N) is 3. The predicted octanol–water partition coefficient (Wildman–Crippen LogP) is 0.290. The molecule has 4 heteroatoms. The smallest absolute Gasteiger partial charge is 0.129 e. The largest absolute Gasteiger partial charge is 0.359 e. The second-order valence-corrected chi connectivity index (χ2v) is 3.70. The Morgan fingerprint density at radius 3 is 3.06 bits per heavy atom. The Morgan fingerprint density at radius 2 is 2.19 bits per heavy atom. The van der Waals surface area contributed by atoms with Crippen LogP contribution in [0.15, 0.2) is 24.3 Å². The van der Waals surface area contributed by atoms with Gasteiger partial charge in [0.25, 0.3) is 0 Å². The summed E-state index contributed by atoms with van der Waals surface area (Å²) in [5.41, 5.74) is 2.26. The van der Waals surface area contributed by atoms with Gasteiger partial charge in [0, 0.05) is 24.0 Å². The van der Waals surface area contributed by atoms with Crippen LogP contribution in [0.5, 0.6) is 0 Å². The average molecular weight is 212 g/mol. The van der Waals surface area contributed by atoms with E-state index in [1.54, 1.807) is 0 Å². The molecule has 0 atom stereocenters. The predicted molar refractivity (Wildman–Crippen MR) is 63.0 cm³/mol. The van der Waals surface area contributed by atoms with Crippen molar-refractivity contribution in [3.05, 3.63) is 40.5 Å². The topological polar surface area (TPSA) is 42.7 Å². The first-order valence-electron chi connectivity index (χ1n) is 5.35. The third kappa shape index (κ3) is 1.31. The first-order chi connectivity index (χ1) is 7.88. The van der Waals surface area contributed by atoms with E-state index in [-0.39, 0.29) is 0 Å². The molecule has 0 saturated carbocycles. The summed E-state index contributed by atoms with van der Waals surface area (Å²) >= 11 is 0. The van der Waals surface area contributed by atoms with E-state index in [0.29, 0.717) is 0 Å². The number of hydrogen-bond donors (Lipinski definition) is 1. The van der Waals surface area contributed by atoms with Crippen molar-refractivity contribution in [3.63, 3.8) is 0 Å². The minimum atomic E-state index is 0.828. The zero-order valence-corrected chi connectivity index (χ0v) is 9.01. The number of anilines is 1. The Morgan fingerprint density at radius 1 is 1.31 bits per heavy atom. The Balaban J connectivity index is 2.33. The van der Waals surface area contributed by atoms with Gasteiger partial charge in [-0.1, -0.05) is 23.4 Å². The van der Waals surface area contributed by atoms with Gasteiger partial charge in [0.1, 0.15) is 5.35 Å². The molecule has 0 radical (unpaired) electrons. The number of hydrogen-bond acceptors (Lipinski definition) is 3. The molecule has 3 rings (SSSR count). The highest BCUT2D eigenvalue weighted by molar-refractivity contribution is 5.71. The average Bonchev–Trinajstić information content (AvgIpc) is 2.61. The third-order valence-corrected chi connectivity index (χ3v) is 2.72. The van der Waals surface area contributed by atoms with Crippen LogP contribution in [0.25, 0.3) is 12.3 Å². The second-order valence-electron chi connectivity index (χ2n) is 3.70. The minimum absolute atomic E-state index is 0.828. The molecular weight excluding hydrogens is 200 g/mol. The van der Waals surface area contributed by atoms with Crippen molar-refractivity contribution in [1.82, 2.24) is 15.0 Å². The van der Waals surface area contributed by atoms with E-state index >= 15 is 0 Å². The molecule has 0 saturated heterocycles. The zero-order chi connectivity index (χ0) is 11.0. The van der Waals surface area contributed by atoms with Crippen LogP contribution >= 0.6 is 0 Å². The third-order valence-electron chi connectivity index (χ3n) is 2.72. The van der Waals surface area contributed by atoms with Gasteiger partial charge in [0.05, 0.1) is 5.35 Å². The summed E-state index contributed by atoms with van der Waals surface area (Å²) < 4.78 is 1.90. The molecule has 2 aromatic rings. The molecule has 1 aromatic carbocycles. The summed E-state index contributed by atoms with van der Waals surface area (Å²) in [6, 6.07) is 8.18. The fraction of sp³-hybridized carbons (Fsp3) is 0.167. The lowest BCUT2D eigenvalue weighted by molar-refractivity contribution is 0.612. The number of nitrogens with one attached hydrogen (secondary N) is 1. The van der Waals surface area contributed by atoms with Crippen LogP contribution in [-0.4, -0.2) is 15.0 Å². The molecule has 80 valence electrons. The van der Waals surface area contributed by atoms with Crippen LogP contribution in [0.1, 0.15) is 12.5 Å². The van der Waals surface area contributed by atoms with Crippen LogP contribution in [0.2, 0.25) is 0 Å². The monoisotopic (exact) mass is 212 g/mol. The summed E-state index contributed by atoms with van der Waals surface area (Å²) in [5.74, 6) is 0. The number of aromatic nitrogens is 3. The van der Waals surface area contributed by atoms with E-state index in [9.17, 15) is 0 Å². The molecule has 2 heterocycles. The van der Waals surface area contributed by atoms with Crippen LogP contribution in [0.4, 0.5) is 5.69 Å². The summed E-state index contributed by atoms with van der Waals surface area (Å²) in [7, 11) is 0. The molecule has 1 aliphatic heterocycles. The van der Waals surface area contributed by atoms with Crippen LogP contribution < -0.4 is 16.0 Å². The maximum absolute atomic E-state index is 4.13. The summed E-state index contributed by atoms with van der Waals surface area (Å²) in [6.07, 6.45) is 4.02. The first-order valence-corrected chi connectivity index (χ1v) is 5.35. The van der Waals surface area contributed by atoms with E-state index in [1.165, 1.54) is 0 Å². The van der Waals surface area contributed by atoms with E-state index in [0.717, 1.165) is 28.5 Å². The molecule has 1 aromatic heterocycles. The normalized spacial score (nSPS) is 12.6. The second kappa shape index (κ2) is 3.48. The lowest BCUT2D eigenvalue weighted by Crippen LogP contribution is -2.30. The van der Waals surface area contributed by atoms with Crippen molar-refractivity contribution in [2.24, 2.45) is 0 Å². The molecule has 0 spiro atoms. The number of aryl methyl sites for hydroxylation is 1. The first kappa shape index (κ1) is 9.15. The van der Waals surface area contributed by atoms with Crippen molar-refractivity contribution in [2.45, 2.75) is 13.5 Å². The van der Waals surface area contributed by atoms with Gasteiger partial charge in [-0.2, -0.15) is 0 Å². The summed E-state index contributed by atoms with van der Waals surface area (Å²) in [6.45, 7) is 2.89. The molecular formula is C12H12N4. The van der Waals surface area contributed by atoms with Crippen molar-refractivity contribution >= 4 is 18.0 Å². The van der Waals surface area contributed by atoms with Crippen molar-refractivity contribution < 1.29 is 0 Å². The number of rotatable bonds is 1. The molecule has 0 bridgehead atoms. The highest BCUT2D eigenvalue weighted by Gasteiger charge is 2.04. The van der Waals surface area contributed by atoms with Gasteiger partial charge in [-0.25, -0.2) is 4.68 Å². The van der Waals surface area contributed by atoms with Gasteiger partial charge < -0.3 is 5.32 Å². The lowest BCUT2D eigenvalue weighted by atomic mass is 10.2. The van der Waals surface area contributed by atoms with Gasteiger partial charge in [-0.05, 0) is 19.1 Å². The van der Waals surface area contributed by atoms with E-state index in [2.05, 4.69) is 40.8 Å². The highest BCUT2D eigenvalue weighted by atomic mass is 15.4. The van der Waals surface area contributed by atoms with Crippen LogP contribution in [0.3, 0.4) is 0 Å². The van der Waals surface area contributed by atoms with Crippen LogP contribution in [0, 0.1) is 0 Å². The molecule has 0 unspecified atom stereocenters. The summed E-state index contributed by atoms with van der Waals surface area (Å²) in [5, 5.41) is 13.4. The van der Waals surface area contributed by atoms with E-state index < -0.39 is 0 Å². The minimum Gasteiger partial charge on any atom is -0.359 e. The quantitative estimate of drug-likeness (QED) is 0.739. The highest BCUT2D eigenvalue weighted by Crippen LogP contribution is 2.15. The molecule has 4 nitrogen and oxygen atoms in total. The molecule has 0 fully saturated rings. The Bertz CT molecular complexity index is 639. The fourth-order valence-electron chi connectivity index (χ4n) is 1.87.